The van der Waals surface area contributed by atoms with Crippen LogP contribution in [-0.4, -0.2) is 60.3 Å². The number of benzene rings is 2. The molecule has 0 heterocycles. The van der Waals surface area contributed by atoms with Crippen LogP contribution in [0.15, 0.2) is 61.2 Å². The molecule has 2 aromatic rings. The van der Waals surface area contributed by atoms with Crippen LogP contribution in [-0.2, 0) is 9.53 Å². The molecule has 0 N–H and O–H groups in total. The molecule has 0 atom stereocenters. The number of hydrogen-bond donors (Lipinski definition) is 0. The van der Waals surface area contributed by atoms with Gasteiger partial charge in [0, 0.05) is 6.08 Å². The third kappa shape index (κ3) is 6.91. The van der Waals surface area contributed by atoms with E-state index < -0.39 is 72.3 Å². The molecule has 6 nitrogen and oxygen atoms in total. The Hall–Kier alpha value is -4.32. The number of carbonyl (C=O) groups is 3. The third-order valence-electron chi connectivity index (χ3n) is 5.42. The van der Waals surface area contributed by atoms with Crippen LogP contribution in [0.25, 0.3) is 0 Å². The molecule has 0 amide bonds. The number of esters is 3. The Kier molecular flexibility index (Phi) is 10.1. The lowest BCUT2D eigenvalue weighted by atomic mass is 9.93. The van der Waals surface area contributed by atoms with Gasteiger partial charge >= 0.3 is 53.7 Å². The molecule has 0 aliphatic rings. The molecule has 0 saturated heterocycles. The number of halogens is 13. The Labute approximate surface area is 237 Å². The van der Waals surface area contributed by atoms with Crippen molar-refractivity contribution < 1.29 is 85.7 Å². The molecule has 2 aromatic carbocycles. The van der Waals surface area contributed by atoms with Crippen molar-refractivity contribution in [2.24, 2.45) is 0 Å². The topological polar surface area (TPSA) is 78.9 Å². The molecule has 2 rings (SSSR count). The van der Waals surface area contributed by atoms with Gasteiger partial charge in [0.25, 0.3) is 0 Å². The predicted molar refractivity (Wildman–Crippen MR) is 119 cm³/mol. The standard InChI is InChI=1S/C25H15F13O6/c1-2-17(39)43-15-7-5-14(6-8-15)19(41)44-16-9-3-13(4-10-16)18(40)42-12-11-20(26,27)21(28,29)22(30,31)23(32,33)24(34,35)25(36,37)38/h2-10H,1,11-12H2. The molecule has 0 spiro atoms. The maximum absolute atomic E-state index is 13.8. The van der Waals surface area contributed by atoms with Crippen LogP contribution in [0.2, 0.25) is 0 Å². The second-order valence-electron chi connectivity index (χ2n) is 8.45. The minimum Gasteiger partial charge on any atom is -0.462 e. The van der Waals surface area contributed by atoms with Crippen LogP contribution in [0, 0.1) is 0 Å². The highest BCUT2D eigenvalue weighted by atomic mass is 19.4. The molecular weight excluding hydrogens is 643 g/mol. The maximum atomic E-state index is 13.8. The Morgan fingerprint density at radius 2 is 1.00 bits per heavy atom. The van der Waals surface area contributed by atoms with Crippen molar-refractivity contribution in [1.82, 2.24) is 0 Å². The van der Waals surface area contributed by atoms with E-state index in [1.165, 1.54) is 24.3 Å². The summed E-state index contributed by atoms with van der Waals surface area (Å²) in [6.07, 6.45) is -9.35. The average Bonchev–Trinajstić information content (AvgIpc) is 2.92. The van der Waals surface area contributed by atoms with Gasteiger partial charge in [-0.2, -0.15) is 57.1 Å². The Bertz CT molecular complexity index is 1370. The van der Waals surface area contributed by atoms with Crippen molar-refractivity contribution in [3.8, 4) is 11.5 Å². The first-order chi connectivity index (χ1) is 19.9. The average molecular weight is 658 g/mol. The highest BCUT2D eigenvalue weighted by molar-refractivity contribution is 5.92. The van der Waals surface area contributed by atoms with Crippen LogP contribution in [0.1, 0.15) is 27.1 Å². The first-order valence-corrected chi connectivity index (χ1v) is 11.3. The van der Waals surface area contributed by atoms with E-state index in [4.69, 9.17) is 9.47 Å². The molecule has 0 bridgehead atoms. The van der Waals surface area contributed by atoms with Crippen molar-refractivity contribution in [1.29, 1.82) is 0 Å². The van der Waals surface area contributed by atoms with Crippen LogP contribution >= 0.6 is 0 Å². The number of alkyl halides is 13. The number of rotatable bonds is 12. The van der Waals surface area contributed by atoms with Gasteiger partial charge in [0.05, 0.1) is 24.2 Å². The summed E-state index contributed by atoms with van der Waals surface area (Å²) < 4.78 is 185. The first kappa shape index (κ1) is 35.9. The second kappa shape index (κ2) is 12.4. The lowest BCUT2D eigenvalue weighted by Gasteiger charge is -2.39. The number of ether oxygens (including phenoxy) is 3. The molecule has 0 fully saturated rings. The van der Waals surface area contributed by atoms with E-state index in [1.54, 1.807) is 0 Å². The lowest BCUT2D eigenvalue weighted by Crippen LogP contribution is -2.70. The second-order valence-corrected chi connectivity index (χ2v) is 8.45. The molecule has 0 radical (unpaired) electrons. The zero-order valence-electron chi connectivity index (χ0n) is 21.2. The van der Waals surface area contributed by atoms with Crippen molar-refractivity contribution in [3.05, 3.63) is 72.3 Å². The molecule has 0 aliphatic heterocycles. The van der Waals surface area contributed by atoms with E-state index in [2.05, 4.69) is 11.3 Å². The fraction of sp³-hybridized carbons (Fsp3) is 0.320. The van der Waals surface area contributed by atoms with Gasteiger partial charge in [0.1, 0.15) is 11.5 Å². The molecule has 19 heteroatoms. The molecule has 44 heavy (non-hydrogen) atoms. The van der Waals surface area contributed by atoms with E-state index in [0.29, 0.717) is 0 Å². The van der Waals surface area contributed by atoms with Gasteiger partial charge < -0.3 is 14.2 Å². The zero-order valence-corrected chi connectivity index (χ0v) is 21.2. The summed E-state index contributed by atoms with van der Waals surface area (Å²) >= 11 is 0. The van der Waals surface area contributed by atoms with Gasteiger partial charge in [-0.05, 0) is 48.5 Å². The lowest BCUT2D eigenvalue weighted by molar-refractivity contribution is -0.440. The third-order valence-corrected chi connectivity index (χ3v) is 5.42. The zero-order chi connectivity index (χ0) is 33.9. The van der Waals surface area contributed by atoms with E-state index in [0.717, 1.165) is 30.3 Å². The highest BCUT2D eigenvalue weighted by Gasteiger charge is 2.90. The van der Waals surface area contributed by atoms with Gasteiger partial charge in [-0.15, -0.1) is 0 Å². The Morgan fingerprint density at radius 3 is 1.43 bits per heavy atom. The van der Waals surface area contributed by atoms with E-state index in [1.807, 2.05) is 0 Å². The summed E-state index contributed by atoms with van der Waals surface area (Å²) in [5, 5.41) is 0. The van der Waals surface area contributed by atoms with Crippen LogP contribution in [0.5, 0.6) is 11.5 Å². The largest absolute Gasteiger partial charge is 0.462 e. The summed E-state index contributed by atoms with van der Waals surface area (Å²) in [4.78, 5) is 35.3. The molecule has 0 aliphatic carbocycles. The molecule has 0 saturated carbocycles. The smallest absolute Gasteiger partial charge is 0.460 e. The Morgan fingerprint density at radius 1 is 0.591 bits per heavy atom. The van der Waals surface area contributed by atoms with Crippen molar-refractivity contribution >= 4 is 17.9 Å². The quantitative estimate of drug-likeness (QED) is 0.103. The fourth-order valence-corrected chi connectivity index (χ4v) is 2.96. The summed E-state index contributed by atoms with van der Waals surface area (Å²) in [6, 6.07) is 8.45. The highest BCUT2D eigenvalue weighted by Crippen LogP contribution is 2.60. The van der Waals surface area contributed by atoms with Gasteiger partial charge in [-0.3, -0.25) is 0 Å². The maximum Gasteiger partial charge on any atom is 0.460 e. The van der Waals surface area contributed by atoms with Crippen LogP contribution in [0.3, 0.4) is 0 Å². The minimum atomic E-state index is -8.03. The van der Waals surface area contributed by atoms with E-state index in [-0.39, 0.29) is 17.1 Å². The monoisotopic (exact) mass is 658 g/mol. The molecular formula is C25H15F13O6. The minimum absolute atomic E-state index is 0.0462. The fourth-order valence-electron chi connectivity index (χ4n) is 2.96. The van der Waals surface area contributed by atoms with Gasteiger partial charge in [-0.25, -0.2) is 14.4 Å². The number of carbonyl (C=O) groups excluding carboxylic acids is 3. The van der Waals surface area contributed by atoms with Crippen molar-refractivity contribution in [2.75, 3.05) is 6.61 Å². The number of hydrogen-bond acceptors (Lipinski definition) is 6. The SMILES string of the molecule is C=CC(=O)Oc1ccc(C(=O)Oc2ccc(C(=O)OCCC(F)(F)C(F)(F)C(F)(F)C(F)(F)C(F)(F)C(F)(F)F)cc2)cc1. The van der Waals surface area contributed by atoms with Gasteiger partial charge in [-0.1, -0.05) is 6.58 Å². The summed E-state index contributed by atoms with van der Waals surface area (Å²) in [7, 11) is 0. The summed E-state index contributed by atoms with van der Waals surface area (Å²) in [5.74, 6) is -41.2. The van der Waals surface area contributed by atoms with Crippen molar-refractivity contribution in [2.45, 2.75) is 42.2 Å². The summed E-state index contributed by atoms with van der Waals surface area (Å²) in [5.41, 5.74) is -0.593. The first-order valence-electron chi connectivity index (χ1n) is 11.3. The van der Waals surface area contributed by atoms with Gasteiger partial charge in [0.2, 0.25) is 0 Å². The van der Waals surface area contributed by atoms with E-state index in [9.17, 15) is 71.5 Å². The van der Waals surface area contributed by atoms with Crippen molar-refractivity contribution in [3.63, 3.8) is 0 Å². The normalized spacial score (nSPS) is 13.2. The van der Waals surface area contributed by atoms with Crippen LogP contribution in [0.4, 0.5) is 57.1 Å². The molecule has 0 aromatic heterocycles. The Balaban J connectivity index is 2.03. The van der Waals surface area contributed by atoms with E-state index >= 15 is 0 Å². The summed E-state index contributed by atoms with van der Waals surface area (Å²) in [6.45, 7) is 1.27. The molecule has 0 unspecified atom stereocenters. The molecule has 242 valence electrons. The van der Waals surface area contributed by atoms with Crippen LogP contribution < -0.4 is 9.47 Å². The van der Waals surface area contributed by atoms with Gasteiger partial charge in [0.15, 0.2) is 0 Å². The predicted octanol–water partition coefficient (Wildman–Crippen LogP) is 7.28.